The minimum Gasteiger partial charge on any atom is -0.362 e. The lowest BCUT2D eigenvalue weighted by atomic mass is 10.2. The highest BCUT2D eigenvalue weighted by atomic mass is 35.5. The molecule has 94 valence electrons. The molecular formula is C9H13ClF3NO2. The molecule has 1 amide bonds. The maximum Gasteiger partial charge on any atom is 0.411 e. The molecule has 1 atom stereocenters. The van der Waals surface area contributed by atoms with E-state index in [2.05, 4.69) is 4.74 Å². The second-order valence-electron chi connectivity index (χ2n) is 3.76. The van der Waals surface area contributed by atoms with Gasteiger partial charge in [0.15, 0.2) is 0 Å². The van der Waals surface area contributed by atoms with Crippen LogP contribution in [0.1, 0.15) is 6.42 Å². The van der Waals surface area contributed by atoms with E-state index in [0.29, 0.717) is 19.0 Å². The highest BCUT2D eigenvalue weighted by Crippen LogP contribution is 2.18. The van der Waals surface area contributed by atoms with Crippen LogP contribution in [0.3, 0.4) is 0 Å². The van der Waals surface area contributed by atoms with Gasteiger partial charge in [-0.25, -0.2) is 0 Å². The van der Waals surface area contributed by atoms with E-state index in [1.165, 1.54) is 4.90 Å². The molecule has 3 nitrogen and oxygen atoms in total. The largest absolute Gasteiger partial charge is 0.411 e. The Balaban J connectivity index is 2.21. The zero-order chi connectivity index (χ0) is 12.2. The van der Waals surface area contributed by atoms with Gasteiger partial charge < -0.3 is 9.64 Å². The predicted octanol–water partition coefficient (Wildman–Crippen LogP) is 1.65. The Morgan fingerprint density at radius 1 is 1.50 bits per heavy atom. The topological polar surface area (TPSA) is 29.5 Å². The third kappa shape index (κ3) is 4.57. The molecule has 0 saturated carbocycles. The smallest absolute Gasteiger partial charge is 0.362 e. The maximum absolute atomic E-state index is 11.7. The molecule has 1 heterocycles. The van der Waals surface area contributed by atoms with Crippen LogP contribution in [0.25, 0.3) is 0 Å². The first kappa shape index (κ1) is 13.6. The van der Waals surface area contributed by atoms with E-state index in [0.717, 1.165) is 6.42 Å². The molecule has 0 aromatic carbocycles. The van der Waals surface area contributed by atoms with Crippen LogP contribution in [0.4, 0.5) is 13.2 Å². The van der Waals surface area contributed by atoms with Crippen molar-refractivity contribution in [1.29, 1.82) is 0 Å². The average Bonchev–Trinajstić information content (AvgIpc) is 2.63. The molecule has 1 saturated heterocycles. The van der Waals surface area contributed by atoms with Gasteiger partial charge in [-0.05, 0) is 12.3 Å². The third-order valence-corrected chi connectivity index (χ3v) is 2.78. The summed E-state index contributed by atoms with van der Waals surface area (Å²) in [7, 11) is 0. The predicted molar refractivity (Wildman–Crippen MR) is 52.3 cm³/mol. The molecule has 1 rings (SSSR count). The van der Waals surface area contributed by atoms with E-state index in [9.17, 15) is 18.0 Å². The summed E-state index contributed by atoms with van der Waals surface area (Å²) in [6.07, 6.45) is -3.58. The number of nitrogens with zero attached hydrogens (tertiary/aromatic N) is 1. The van der Waals surface area contributed by atoms with Gasteiger partial charge in [0.25, 0.3) is 0 Å². The fourth-order valence-corrected chi connectivity index (χ4v) is 1.78. The van der Waals surface area contributed by atoms with E-state index in [1.54, 1.807) is 0 Å². The molecule has 16 heavy (non-hydrogen) atoms. The van der Waals surface area contributed by atoms with Crippen molar-refractivity contribution in [2.24, 2.45) is 5.92 Å². The van der Waals surface area contributed by atoms with Crippen molar-refractivity contribution in [3.8, 4) is 0 Å². The lowest BCUT2D eigenvalue weighted by molar-refractivity contribution is -0.177. The molecule has 1 aliphatic rings. The molecule has 0 N–H and O–H groups in total. The second kappa shape index (κ2) is 5.72. The van der Waals surface area contributed by atoms with E-state index >= 15 is 0 Å². The van der Waals surface area contributed by atoms with Gasteiger partial charge in [-0.3, -0.25) is 4.79 Å². The quantitative estimate of drug-likeness (QED) is 0.719. The fraction of sp³-hybridized carbons (Fsp3) is 0.889. The molecule has 0 aromatic heterocycles. The van der Waals surface area contributed by atoms with Crippen molar-refractivity contribution >= 4 is 17.5 Å². The summed E-state index contributed by atoms with van der Waals surface area (Å²) in [5.74, 6) is 0.304. The molecule has 1 fully saturated rings. The van der Waals surface area contributed by atoms with Crippen LogP contribution in [-0.4, -0.2) is 49.2 Å². The van der Waals surface area contributed by atoms with Crippen LogP contribution < -0.4 is 0 Å². The summed E-state index contributed by atoms with van der Waals surface area (Å²) < 4.78 is 39.5. The summed E-state index contributed by atoms with van der Waals surface area (Å²) in [5.41, 5.74) is 0. The van der Waals surface area contributed by atoms with Gasteiger partial charge in [-0.15, -0.1) is 11.6 Å². The zero-order valence-electron chi connectivity index (χ0n) is 8.60. The Kier molecular flexibility index (Phi) is 4.86. The maximum atomic E-state index is 11.7. The SMILES string of the molecule is O=C(COCC(F)(F)F)N1CCC(CCl)C1. The minimum absolute atomic E-state index is 0.244. The lowest BCUT2D eigenvalue weighted by Crippen LogP contribution is -2.33. The number of hydrogen-bond donors (Lipinski definition) is 0. The van der Waals surface area contributed by atoms with E-state index < -0.39 is 25.3 Å². The highest BCUT2D eigenvalue weighted by Gasteiger charge is 2.29. The first-order valence-corrected chi connectivity index (χ1v) is 5.44. The summed E-state index contributed by atoms with van der Waals surface area (Å²) in [4.78, 5) is 12.9. The van der Waals surface area contributed by atoms with Gasteiger partial charge >= 0.3 is 6.18 Å². The molecule has 0 radical (unpaired) electrons. The van der Waals surface area contributed by atoms with Crippen LogP contribution in [0.15, 0.2) is 0 Å². The van der Waals surface area contributed by atoms with Gasteiger partial charge in [0.2, 0.25) is 5.91 Å². The van der Waals surface area contributed by atoms with Crippen molar-refractivity contribution in [1.82, 2.24) is 4.90 Å². The van der Waals surface area contributed by atoms with Crippen molar-refractivity contribution < 1.29 is 22.7 Å². The van der Waals surface area contributed by atoms with Crippen LogP contribution in [0.5, 0.6) is 0 Å². The van der Waals surface area contributed by atoms with Crippen LogP contribution in [0.2, 0.25) is 0 Å². The Labute approximate surface area is 96.5 Å². The minimum atomic E-state index is -4.38. The van der Waals surface area contributed by atoms with Crippen LogP contribution >= 0.6 is 11.6 Å². The van der Waals surface area contributed by atoms with Gasteiger partial charge in [0.1, 0.15) is 13.2 Å². The number of likely N-dealkylation sites (tertiary alicyclic amines) is 1. The number of halogens is 4. The molecular weight excluding hydrogens is 247 g/mol. The molecule has 0 aliphatic carbocycles. The van der Waals surface area contributed by atoms with Crippen molar-refractivity contribution in [3.63, 3.8) is 0 Å². The number of carbonyl (C=O) groups excluding carboxylic acids is 1. The Hall–Kier alpha value is -0.490. The standard InChI is InChI=1S/C9H13ClF3NO2/c10-3-7-1-2-14(4-7)8(15)5-16-6-9(11,12)13/h7H,1-6H2. The molecule has 1 unspecified atom stereocenters. The van der Waals surface area contributed by atoms with Gasteiger partial charge in [-0.2, -0.15) is 13.2 Å². The normalized spacial score (nSPS) is 21.5. The second-order valence-corrected chi connectivity index (χ2v) is 4.07. The first-order valence-electron chi connectivity index (χ1n) is 4.90. The van der Waals surface area contributed by atoms with Crippen molar-refractivity contribution in [2.75, 3.05) is 32.2 Å². The Bertz CT molecular complexity index is 247. The molecule has 0 bridgehead atoms. The van der Waals surface area contributed by atoms with E-state index in [1.807, 2.05) is 0 Å². The molecule has 0 spiro atoms. The summed E-state index contributed by atoms with van der Waals surface area (Å²) >= 11 is 5.62. The lowest BCUT2D eigenvalue weighted by Gasteiger charge is -2.16. The van der Waals surface area contributed by atoms with Crippen LogP contribution in [0, 0.1) is 5.92 Å². The molecule has 1 aliphatic heterocycles. The van der Waals surface area contributed by atoms with Crippen LogP contribution in [-0.2, 0) is 9.53 Å². The Morgan fingerprint density at radius 3 is 2.69 bits per heavy atom. The molecule has 0 aromatic rings. The fourth-order valence-electron chi connectivity index (χ4n) is 1.53. The Morgan fingerprint density at radius 2 is 2.19 bits per heavy atom. The van der Waals surface area contributed by atoms with Gasteiger partial charge in [0.05, 0.1) is 0 Å². The summed E-state index contributed by atoms with van der Waals surface area (Å²) in [5, 5.41) is 0. The number of amides is 1. The first-order chi connectivity index (χ1) is 7.42. The van der Waals surface area contributed by atoms with Crippen molar-refractivity contribution in [3.05, 3.63) is 0 Å². The summed E-state index contributed by atoms with van der Waals surface area (Å²) in [6, 6.07) is 0. The molecule has 7 heteroatoms. The zero-order valence-corrected chi connectivity index (χ0v) is 9.35. The monoisotopic (exact) mass is 259 g/mol. The van der Waals surface area contributed by atoms with Gasteiger partial charge in [0, 0.05) is 19.0 Å². The number of rotatable bonds is 4. The third-order valence-electron chi connectivity index (χ3n) is 2.35. The van der Waals surface area contributed by atoms with E-state index in [-0.39, 0.29) is 5.92 Å². The number of carbonyl (C=O) groups is 1. The van der Waals surface area contributed by atoms with Crippen molar-refractivity contribution in [2.45, 2.75) is 12.6 Å². The van der Waals surface area contributed by atoms with E-state index in [4.69, 9.17) is 11.6 Å². The average molecular weight is 260 g/mol. The van der Waals surface area contributed by atoms with Gasteiger partial charge in [-0.1, -0.05) is 0 Å². The number of hydrogen-bond acceptors (Lipinski definition) is 2. The number of alkyl halides is 4. The summed E-state index contributed by atoms with van der Waals surface area (Å²) in [6.45, 7) is -0.844. The highest BCUT2D eigenvalue weighted by molar-refractivity contribution is 6.18. The number of ether oxygens (including phenoxy) is 1.